The number of hydrogen-bond donors (Lipinski definition) is 0. The van der Waals surface area contributed by atoms with E-state index in [4.69, 9.17) is 10.1 Å². The van der Waals surface area contributed by atoms with Gasteiger partial charge in [0.05, 0.1) is 16.7 Å². The predicted molar refractivity (Wildman–Crippen MR) is 121 cm³/mol. The molecule has 0 aliphatic rings. The molecule has 5 aromatic rings. The Morgan fingerprint density at radius 1 is 0.793 bits per heavy atom. The van der Waals surface area contributed by atoms with Crippen molar-refractivity contribution in [3.8, 4) is 16.9 Å². The Hall–Kier alpha value is -3.46. The summed E-state index contributed by atoms with van der Waals surface area (Å²) in [5.74, 6) is 0. The van der Waals surface area contributed by atoms with Gasteiger partial charge in [-0.25, -0.2) is 4.68 Å². The summed E-state index contributed by atoms with van der Waals surface area (Å²) in [6.45, 7) is 6.40. The fourth-order valence-electron chi connectivity index (χ4n) is 3.85. The Morgan fingerprint density at radius 3 is 2.17 bits per heavy atom. The lowest BCUT2D eigenvalue weighted by atomic mass is 10.0. The second-order valence-electron chi connectivity index (χ2n) is 7.69. The zero-order valence-corrected chi connectivity index (χ0v) is 17.0. The number of fused-ring (bicyclic) bond motifs is 3. The van der Waals surface area contributed by atoms with Crippen molar-refractivity contribution in [3.05, 3.63) is 89.6 Å². The number of aryl methyl sites for hydroxylation is 3. The molecule has 3 heteroatoms. The van der Waals surface area contributed by atoms with E-state index in [2.05, 4.69) is 92.2 Å². The quantitative estimate of drug-likeness (QED) is 0.363. The maximum absolute atomic E-state index is 5.07. The standard InChI is InChI=1S/C26H23N3/c1-4-19-9-14-24-22(15-19)26-23(16-27-24)25(20-10-5-17(2)6-11-20)28-29(26)21-12-7-18(3)8-13-21/h5-16H,4H2,1-3H3. The zero-order valence-electron chi connectivity index (χ0n) is 17.0. The van der Waals surface area contributed by atoms with E-state index in [0.29, 0.717) is 0 Å². The molecule has 0 N–H and O–H groups in total. The number of pyridine rings is 1. The zero-order chi connectivity index (χ0) is 20.0. The highest BCUT2D eigenvalue weighted by Crippen LogP contribution is 2.34. The molecule has 0 radical (unpaired) electrons. The van der Waals surface area contributed by atoms with Gasteiger partial charge in [0.25, 0.3) is 0 Å². The Balaban J connectivity index is 1.88. The van der Waals surface area contributed by atoms with E-state index >= 15 is 0 Å². The van der Waals surface area contributed by atoms with Gasteiger partial charge in [-0.2, -0.15) is 5.10 Å². The van der Waals surface area contributed by atoms with Crippen molar-refractivity contribution < 1.29 is 0 Å². The average Bonchev–Trinajstić information content (AvgIpc) is 3.14. The van der Waals surface area contributed by atoms with Crippen LogP contribution in [0.1, 0.15) is 23.6 Å². The SMILES string of the molecule is CCc1ccc2ncc3c(-c4ccc(C)cc4)nn(-c4ccc(C)cc4)c3c2c1. The van der Waals surface area contributed by atoms with Crippen LogP contribution in [0.4, 0.5) is 0 Å². The first kappa shape index (κ1) is 17.6. The van der Waals surface area contributed by atoms with Crippen molar-refractivity contribution in [2.24, 2.45) is 0 Å². The van der Waals surface area contributed by atoms with Crippen LogP contribution in [-0.4, -0.2) is 14.8 Å². The summed E-state index contributed by atoms with van der Waals surface area (Å²) in [6.07, 6.45) is 2.96. The number of hydrogen-bond acceptors (Lipinski definition) is 2. The molecule has 2 heterocycles. The van der Waals surface area contributed by atoms with E-state index < -0.39 is 0 Å². The van der Waals surface area contributed by atoms with Gasteiger partial charge >= 0.3 is 0 Å². The highest BCUT2D eigenvalue weighted by molar-refractivity contribution is 6.08. The first-order chi connectivity index (χ1) is 14.1. The highest BCUT2D eigenvalue weighted by atomic mass is 15.3. The van der Waals surface area contributed by atoms with Crippen LogP contribution in [0, 0.1) is 13.8 Å². The summed E-state index contributed by atoms with van der Waals surface area (Å²) in [7, 11) is 0. The van der Waals surface area contributed by atoms with Crippen LogP contribution in [0.5, 0.6) is 0 Å². The Morgan fingerprint density at radius 2 is 1.48 bits per heavy atom. The summed E-state index contributed by atoms with van der Waals surface area (Å²) >= 11 is 0. The maximum Gasteiger partial charge on any atom is 0.102 e. The van der Waals surface area contributed by atoms with Crippen molar-refractivity contribution >= 4 is 21.8 Å². The van der Waals surface area contributed by atoms with Gasteiger partial charge in [0.15, 0.2) is 0 Å². The molecule has 0 saturated carbocycles. The molecular formula is C26H23N3. The van der Waals surface area contributed by atoms with E-state index in [-0.39, 0.29) is 0 Å². The lowest BCUT2D eigenvalue weighted by Crippen LogP contribution is -1.97. The smallest absolute Gasteiger partial charge is 0.102 e. The second kappa shape index (κ2) is 6.85. The third-order valence-corrected chi connectivity index (χ3v) is 5.58. The van der Waals surface area contributed by atoms with E-state index in [1.54, 1.807) is 0 Å². The molecule has 29 heavy (non-hydrogen) atoms. The fourth-order valence-corrected chi connectivity index (χ4v) is 3.85. The fraction of sp³-hybridized carbons (Fsp3) is 0.154. The molecule has 5 rings (SSSR count). The average molecular weight is 377 g/mol. The van der Waals surface area contributed by atoms with Gasteiger partial charge in [0.2, 0.25) is 0 Å². The molecule has 0 atom stereocenters. The predicted octanol–water partition coefficient (Wildman–Crippen LogP) is 6.42. The second-order valence-corrected chi connectivity index (χ2v) is 7.69. The summed E-state index contributed by atoms with van der Waals surface area (Å²) in [4.78, 5) is 4.76. The number of aromatic nitrogens is 3. The third kappa shape index (κ3) is 2.99. The van der Waals surface area contributed by atoms with Crippen LogP contribution in [-0.2, 0) is 6.42 Å². The molecule has 2 aromatic heterocycles. The summed E-state index contributed by atoms with van der Waals surface area (Å²) in [5, 5.41) is 7.30. The topological polar surface area (TPSA) is 30.7 Å². The molecule has 0 saturated heterocycles. The van der Waals surface area contributed by atoms with Gasteiger partial charge in [-0.05, 0) is 50.1 Å². The highest BCUT2D eigenvalue weighted by Gasteiger charge is 2.17. The molecular weight excluding hydrogens is 354 g/mol. The molecule has 0 bridgehead atoms. The largest absolute Gasteiger partial charge is 0.255 e. The third-order valence-electron chi connectivity index (χ3n) is 5.58. The molecule has 3 aromatic carbocycles. The molecule has 0 fully saturated rings. The van der Waals surface area contributed by atoms with Crippen LogP contribution in [0.3, 0.4) is 0 Å². The molecule has 142 valence electrons. The van der Waals surface area contributed by atoms with Crippen molar-refractivity contribution in [2.75, 3.05) is 0 Å². The molecule has 0 aliphatic heterocycles. The van der Waals surface area contributed by atoms with Crippen molar-refractivity contribution in [1.82, 2.24) is 14.8 Å². The van der Waals surface area contributed by atoms with Crippen LogP contribution < -0.4 is 0 Å². The molecule has 0 aliphatic carbocycles. The molecule has 0 unspecified atom stereocenters. The van der Waals surface area contributed by atoms with E-state index in [0.717, 1.165) is 45.2 Å². The lowest BCUT2D eigenvalue weighted by molar-refractivity contribution is 0.917. The first-order valence-electron chi connectivity index (χ1n) is 10.1. The van der Waals surface area contributed by atoms with Gasteiger partial charge < -0.3 is 0 Å². The van der Waals surface area contributed by atoms with Gasteiger partial charge in [-0.15, -0.1) is 0 Å². The summed E-state index contributed by atoms with van der Waals surface area (Å²) < 4.78 is 2.08. The van der Waals surface area contributed by atoms with Crippen LogP contribution >= 0.6 is 0 Å². The molecule has 3 nitrogen and oxygen atoms in total. The minimum Gasteiger partial charge on any atom is -0.255 e. The van der Waals surface area contributed by atoms with Crippen LogP contribution in [0.15, 0.2) is 72.9 Å². The van der Waals surface area contributed by atoms with E-state index in [9.17, 15) is 0 Å². The van der Waals surface area contributed by atoms with Crippen molar-refractivity contribution in [1.29, 1.82) is 0 Å². The van der Waals surface area contributed by atoms with Crippen LogP contribution in [0.2, 0.25) is 0 Å². The summed E-state index contributed by atoms with van der Waals surface area (Å²) in [5.41, 5.74) is 9.05. The maximum atomic E-state index is 5.07. The van der Waals surface area contributed by atoms with Crippen LogP contribution in [0.25, 0.3) is 38.8 Å². The van der Waals surface area contributed by atoms with Crippen molar-refractivity contribution in [3.63, 3.8) is 0 Å². The molecule has 0 spiro atoms. The lowest BCUT2D eigenvalue weighted by Gasteiger charge is -2.07. The Labute approximate surface area is 170 Å². The normalized spacial score (nSPS) is 11.4. The molecule has 0 amide bonds. The minimum atomic E-state index is 0.969. The number of benzene rings is 3. The van der Waals surface area contributed by atoms with Gasteiger partial charge in [0.1, 0.15) is 5.69 Å². The van der Waals surface area contributed by atoms with Gasteiger partial charge in [0, 0.05) is 22.5 Å². The Kier molecular flexibility index (Phi) is 4.17. The first-order valence-corrected chi connectivity index (χ1v) is 10.1. The minimum absolute atomic E-state index is 0.969. The van der Waals surface area contributed by atoms with Crippen molar-refractivity contribution in [2.45, 2.75) is 27.2 Å². The van der Waals surface area contributed by atoms with E-state index in [1.807, 2.05) is 6.20 Å². The van der Waals surface area contributed by atoms with Gasteiger partial charge in [-0.1, -0.05) is 60.5 Å². The van der Waals surface area contributed by atoms with E-state index in [1.165, 1.54) is 16.7 Å². The van der Waals surface area contributed by atoms with Gasteiger partial charge in [-0.3, -0.25) is 4.98 Å². The summed E-state index contributed by atoms with van der Waals surface area (Å²) in [6, 6.07) is 23.6. The Bertz CT molecular complexity index is 1330. The number of rotatable bonds is 3. The number of nitrogens with zero attached hydrogens (tertiary/aromatic N) is 3. The monoisotopic (exact) mass is 377 g/mol.